The smallest absolute Gasteiger partial charge is 0.335 e. The zero-order chi connectivity index (χ0) is 14.7. The van der Waals surface area contributed by atoms with Crippen LogP contribution in [0.3, 0.4) is 0 Å². The van der Waals surface area contributed by atoms with Crippen LogP contribution in [0.2, 0.25) is 0 Å². The molecule has 108 valence electrons. The third-order valence-electron chi connectivity index (χ3n) is 3.52. The van der Waals surface area contributed by atoms with Gasteiger partial charge in [0, 0.05) is 17.5 Å². The Morgan fingerprint density at radius 3 is 2.86 bits per heavy atom. The van der Waals surface area contributed by atoms with Crippen molar-refractivity contribution in [1.82, 2.24) is 15.0 Å². The van der Waals surface area contributed by atoms with Crippen molar-refractivity contribution >= 4 is 17.7 Å². The van der Waals surface area contributed by atoms with E-state index in [0.29, 0.717) is 5.03 Å². The normalized spacial score (nSPS) is 14.3. The second kappa shape index (κ2) is 6.22. The van der Waals surface area contributed by atoms with Crippen molar-refractivity contribution in [2.24, 2.45) is 0 Å². The first-order chi connectivity index (χ1) is 10.2. The molecule has 1 aliphatic rings. The van der Waals surface area contributed by atoms with Crippen LogP contribution in [-0.2, 0) is 12.8 Å². The van der Waals surface area contributed by atoms with Gasteiger partial charge >= 0.3 is 5.97 Å². The molecule has 0 aromatic carbocycles. The number of carboxylic acids is 1. The van der Waals surface area contributed by atoms with Crippen molar-refractivity contribution in [3.8, 4) is 0 Å². The van der Waals surface area contributed by atoms with Gasteiger partial charge in [0.2, 0.25) is 0 Å². The Balaban J connectivity index is 1.91. The number of aryl methyl sites for hydroxylation is 1. The number of aromatic carboxylic acids is 1. The van der Waals surface area contributed by atoms with Crippen molar-refractivity contribution < 1.29 is 9.90 Å². The van der Waals surface area contributed by atoms with Gasteiger partial charge in [0.25, 0.3) is 0 Å². The predicted molar refractivity (Wildman–Crippen MR) is 78.6 cm³/mol. The van der Waals surface area contributed by atoms with Crippen molar-refractivity contribution in [1.29, 1.82) is 0 Å². The second-order valence-corrected chi connectivity index (χ2v) is 5.96. The molecule has 0 unspecified atom stereocenters. The van der Waals surface area contributed by atoms with E-state index in [1.165, 1.54) is 42.4 Å². The molecule has 0 bridgehead atoms. The third kappa shape index (κ3) is 3.21. The van der Waals surface area contributed by atoms with E-state index in [0.717, 1.165) is 30.0 Å². The molecule has 0 radical (unpaired) electrons. The van der Waals surface area contributed by atoms with Gasteiger partial charge in [0.1, 0.15) is 16.4 Å². The average Bonchev–Trinajstić information content (AvgIpc) is 2.73. The molecule has 0 fully saturated rings. The summed E-state index contributed by atoms with van der Waals surface area (Å²) in [6.07, 6.45) is 8.62. The fourth-order valence-electron chi connectivity index (χ4n) is 2.45. The number of pyridine rings is 1. The summed E-state index contributed by atoms with van der Waals surface area (Å²) in [4.78, 5) is 24.0. The Labute approximate surface area is 126 Å². The molecule has 0 spiro atoms. The molecule has 0 saturated carbocycles. The minimum atomic E-state index is -0.944. The number of fused-ring (bicyclic) bond motifs is 1. The number of rotatable bonds is 3. The van der Waals surface area contributed by atoms with Crippen LogP contribution in [0.5, 0.6) is 0 Å². The van der Waals surface area contributed by atoms with Gasteiger partial charge in [0.15, 0.2) is 0 Å². The Morgan fingerprint density at radius 2 is 2.00 bits per heavy atom. The van der Waals surface area contributed by atoms with Gasteiger partial charge < -0.3 is 5.11 Å². The van der Waals surface area contributed by atoms with Crippen LogP contribution in [0, 0.1) is 0 Å². The van der Waals surface area contributed by atoms with Gasteiger partial charge in [-0.1, -0.05) is 6.42 Å². The van der Waals surface area contributed by atoms with E-state index in [1.54, 1.807) is 12.4 Å². The van der Waals surface area contributed by atoms with Crippen LogP contribution >= 0.6 is 11.8 Å². The first-order valence-corrected chi connectivity index (χ1v) is 7.75. The zero-order valence-corrected chi connectivity index (χ0v) is 12.3. The van der Waals surface area contributed by atoms with E-state index in [2.05, 4.69) is 15.0 Å². The molecular formula is C15H15N3O2S. The Kier molecular flexibility index (Phi) is 4.15. The zero-order valence-electron chi connectivity index (χ0n) is 11.5. The van der Waals surface area contributed by atoms with Crippen LogP contribution in [-0.4, -0.2) is 26.0 Å². The maximum Gasteiger partial charge on any atom is 0.335 e. The molecule has 21 heavy (non-hydrogen) atoms. The summed E-state index contributed by atoms with van der Waals surface area (Å²) < 4.78 is 0. The van der Waals surface area contributed by atoms with Gasteiger partial charge in [-0.25, -0.2) is 19.7 Å². The van der Waals surface area contributed by atoms with E-state index in [-0.39, 0.29) is 5.56 Å². The fraction of sp³-hybridized carbons (Fsp3) is 0.333. The molecule has 2 heterocycles. The molecule has 6 heteroatoms. The highest BCUT2D eigenvalue weighted by molar-refractivity contribution is 7.99. The Morgan fingerprint density at radius 1 is 1.14 bits per heavy atom. The Hall–Kier alpha value is -1.95. The standard InChI is InChI=1S/C15H15N3O2S/c19-15(20)10-6-7-16-13(8-10)21-14-11-4-2-1-3-5-12(11)17-9-18-14/h6-9H,1-5H2,(H,19,20). The van der Waals surface area contributed by atoms with Crippen LogP contribution < -0.4 is 0 Å². The lowest BCUT2D eigenvalue weighted by molar-refractivity contribution is 0.0696. The summed E-state index contributed by atoms with van der Waals surface area (Å²) in [6, 6.07) is 3.07. The maximum absolute atomic E-state index is 11.0. The molecule has 2 aromatic rings. The monoisotopic (exact) mass is 301 g/mol. The fourth-order valence-corrected chi connectivity index (χ4v) is 3.39. The summed E-state index contributed by atoms with van der Waals surface area (Å²) in [5, 5.41) is 10.6. The van der Waals surface area contributed by atoms with Crippen LogP contribution in [0.15, 0.2) is 34.7 Å². The number of hydrogen-bond donors (Lipinski definition) is 1. The van der Waals surface area contributed by atoms with E-state index in [4.69, 9.17) is 5.11 Å². The van der Waals surface area contributed by atoms with Gasteiger partial charge in [-0.05, 0) is 49.6 Å². The van der Waals surface area contributed by atoms with Crippen LogP contribution in [0.1, 0.15) is 40.9 Å². The Bertz CT molecular complexity index is 676. The molecular weight excluding hydrogens is 286 g/mol. The van der Waals surface area contributed by atoms with E-state index in [9.17, 15) is 4.79 Å². The number of nitrogens with zero attached hydrogens (tertiary/aromatic N) is 3. The predicted octanol–water partition coefficient (Wildman–Crippen LogP) is 2.99. The molecule has 1 N–H and O–H groups in total. The van der Waals surface area contributed by atoms with Crippen LogP contribution in [0.4, 0.5) is 0 Å². The maximum atomic E-state index is 11.0. The summed E-state index contributed by atoms with van der Waals surface area (Å²) in [7, 11) is 0. The minimum Gasteiger partial charge on any atom is -0.478 e. The lowest BCUT2D eigenvalue weighted by Crippen LogP contribution is -2.01. The molecule has 5 nitrogen and oxygen atoms in total. The highest BCUT2D eigenvalue weighted by Gasteiger charge is 2.16. The van der Waals surface area contributed by atoms with E-state index < -0.39 is 5.97 Å². The lowest BCUT2D eigenvalue weighted by atomic mass is 10.1. The lowest BCUT2D eigenvalue weighted by Gasteiger charge is -2.09. The molecule has 0 saturated heterocycles. The highest BCUT2D eigenvalue weighted by Crippen LogP contribution is 2.31. The molecule has 0 aliphatic heterocycles. The average molecular weight is 301 g/mol. The van der Waals surface area contributed by atoms with E-state index >= 15 is 0 Å². The van der Waals surface area contributed by atoms with Gasteiger partial charge in [0.05, 0.1) is 5.56 Å². The highest BCUT2D eigenvalue weighted by atomic mass is 32.2. The summed E-state index contributed by atoms with van der Waals surface area (Å²) in [5.41, 5.74) is 2.56. The minimum absolute atomic E-state index is 0.243. The number of carboxylic acid groups (broad SMARTS) is 1. The summed E-state index contributed by atoms with van der Waals surface area (Å²) in [6.45, 7) is 0. The second-order valence-electron chi connectivity index (χ2n) is 4.95. The number of hydrogen-bond acceptors (Lipinski definition) is 5. The van der Waals surface area contributed by atoms with Crippen LogP contribution in [0.25, 0.3) is 0 Å². The quantitative estimate of drug-likeness (QED) is 0.694. The summed E-state index contributed by atoms with van der Waals surface area (Å²) >= 11 is 1.42. The SMILES string of the molecule is O=C(O)c1ccnc(Sc2ncnc3c2CCCCC3)c1. The van der Waals surface area contributed by atoms with E-state index in [1.807, 2.05) is 0 Å². The molecule has 0 atom stereocenters. The van der Waals surface area contributed by atoms with Crippen molar-refractivity contribution in [3.63, 3.8) is 0 Å². The van der Waals surface area contributed by atoms with Gasteiger partial charge in [-0.2, -0.15) is 0 Å². The first-order valence-electron chi connectivity index (χ1n) is 6.94. The van der Waals surface area contributed by atoms with Gasteiger partial charge in [-0.3, -0.25) is 0 Å². The third-order valence-corrected chi connectivity index (χ3v) is 4.50. The van der Waals surface area contributed by atoms with Gasteiger partial charge in [-0.15, -0.1) is 0 Å². The van der Waals surface area contributed by atoms with Crippen molar-refractivity contribution in [3.05, 3.63) is 41.5 Å². The first kappa shape index (κ1) is 14.0. The number of aromatic nitrogens is 3. The summed E-state index contributed by atoms with van der Waals surface area (Å²) in [5.74, 6) is -0.944. The number of carbonyl (C=O) groups is 1. The molecule has 3 rings (SSSR count). The van der Waals surface area contributed by atoms with Crippen molar-refractivity contribution in [2.75, 3.05) is 0 Å². The van der Waals surface area contributed by atoms with Crippen molar-refractivity contribution in [2.45, 2.75) is 42.2 Å². The molecule has 0 amide bonds. The largest absolute Gasteiger partial charge is 0.478 e. The molecule has 1 aliphatic carbocycles. The topological polar surface area (TPSA) is 76.0 Å². The molecule has 2 aromatic heterocycles.